The Hall–Kier alpha value is -2.69. The predicted octanol–water partition coefficient (Wildman–Crippen LogP) is -2.22. The number of morpholine rings is 1. The second-order valence-corrected chi connectivity index (χ2v) is 10.6. The van der Waals surface area contributed by atoms with Crippen molar-refractivity contribution in [3.05, 3.63) is 20.8 Å². The summed E-state index contributed by atoms with van der Waals surface area (Å²) in [6.45, 7) is 2.07. The molecule has 0 unspecified atom stereocenters. The van der Waals surface area contributed by atoms with Gasteiger partial charge in [0.2, 0.25) is 15.9 Å². The Morgan fingerprint density at radius 1 is 1.18 bits per heavy atom. The molecule has 1 amide bonds. The summed E-state index contributed by atoms with van der Waals surface area (Å²) in [5, 5.41) is 9.39. The van der Waals surface area contributed by atoms with E-state index in [1.165, 1.54) is 18.7 Å². The van der Waals surface area contributed by atoms with E-state index in [-0.39, 0.29) is 40.8 Å². The number of imidazole rings is 1. The Labute approximate surface area is 198 Å². The number of amides is 1. The largest absolute Gasteiger partial charge is 0.480 e. The van der Waals surface area contributed by atoms with Crippen LogP contribution in [0.1, 0.15) is 6.42 Å². The van der Waals surface area contributed by atoms with Crippen LogP contribution in [-0.2, 0) is 45.0 Å². The van der Waals surface area contributed by atoms with Crippen molar-refractivity contribution in [1.29, 1.82) is 0 Å². The van der Waals surface area contributed by atoms with Crippen molar-refractivity contribution in [2.45, 2.75) is 18.1 Å². The Bertz CT molecular complexity index is 1310. The number of hydrogen-bond acceptors (Lipinski definition) is 10. The Morgan fingerprint density at radius 3 is 2.50 bits per heavy atom. The van der Waals surface area contributed by atoms with Gasteiger partial charge in [-0.15, -0.1) is 0 Å². The highest BCUT2D eigenvalue weighted by Gasteiger charge is 2.22. The molecule has 1 aliphatic heterocycles. The maximum atomic E-state index is 12.4. The molecule has 0 atom stereocenters. The maximum Gasteiger partial charge on any atom is 0.332 e. The van der Waals surface area contributed by atoms with Crippen molar-refractivity contribution in [2.24, 2.45) is 14.1 Å². The summed E-state index contributed by atoms with van der Waals surface area (Å²) < 4.78 is 34.8. The molecule has 34 heavy (non-hydrogen) atoms. The van der Waals surface area contributed by atoms with E-state index in [2.05, 4.69) is 4.98 Å². The molecule has 188 valence electrons. The van der Waals surface area contributed by atoms with Crippen molar-refractivity contribution >= 4 is 44.8 Å². The van der Waals surface area contributed by atoms with E-state index in [0.717, 1.165) is 20.9 Å². The minimum atomic E-state index is -3.81. The number of carboxylic acids is 1. The van der Waals surface area contributed by atoms with Crippen LogP contribution in [0.15, 0.2) is 14.7 Å². The number of ether oxygens (including phenoxy) is 1. The Balaban J connectivity index is 1.66. The molecular formula is C18H26N6O8S2. The molecule has 0 aromatic carbocycles. The van der Waals surface area contributed by atoms with Gasteiger partial charge in [0, 0.05) is 45.9 Å². The van der Waals surface area contributed by atoms with Crippen molar-refractivity contribution < 1.29 is 27.9 Å². The van der Waals surface area contributed by atoms with Gasteiger partial charge in [-0.1, -0.05) is 11.8 Å². The summed E-state index contributed by atoms with van der Waals surface area (Å²) in [7, 11) is -1.13. The van der Waals surface area contributed by atoms with Crippen LogP contribution in [0.3, 0.4) is 0 Å². The summed E-state index contributed by atoms with van der Waals surface area (Å²) >= 11 is 0.982. The van der Waals surface area contributed by atoms with Gasteiger partial charge in [0.05, 0.1) is 19.0 Å². The number of fused-ring (bicyclic) bond motifs is 1. The van der Waals surface area contributed by atoms with Crippen LogP contribution < -0.4 is 16.0 Å². The summed E-state index contributed by atoms with van der Waals surface area (Å²) in [6, 6.07) is 0. The zero-order chi connectivity index (χ0) is 25.0. The van der Waals surface area contributed by atoms with Crippen LogP contribution in [0.25, 0.3) is 11.2 Å². The average Bonchev–Trinajstić information content (AvgIpc) is 3.13. The first-order valence-corrected chi connectivity index (χ1v) is 13.0. The Morgan fingerprint density at radius 2 is 1.85 bits per heavy atom. The first-order valence-electron chi connectivity index (χ1n) is 10.3. The van der Waals surface area contributed by atoms with E-state index in [1.54, 1.807) is 0 Å². The number of aryl methyl sites for hydroxylation is 1. The molecular weight excluding hydrogens is 492 g/mol. The fourth-order valence-corrected chi connectivity index (χ4v) is 5.42. The smallest absolute Gasteiger partial charge is 0.332 e. The quantitative estimate of drug-likeness (QED) is 0.326. The third-order valence-corrected chi connectivity index (χ3v) is 7.44. The van der Waals surface area contributed by atoms with E-state index in [4.69, 9.17) is 4.74 Å². The first-order chi connectivity index (χ1) is 16.0. The van der Waals surface area contributed by atoms with E-state index in [0.29, 0.717) is 26.3 Å². The highest BCUT2D eigenvalue weighted by molar-refractivity contribution is 7.99. The standard InChI is InChI=1S/C18H26N6O8S2/c1-21-15-14(16(28)22(2)18(21)29)19-17(24(15)11-13(26)27)33-9-3-12(25)20-34(30,31)10-6-23-4-7-32-8-5-23/h3-11H2,1-2H3,(H,20,25)(H,26,27). The third kappa shape index (κ3) is 6.05. The van der Waals surface area contributed by atoms with Crippen LogP contribution >= 0.6 is 11.8 Å². The number of carbonyl (C=O) groups excluding carboxylic acids is 1. The van der Waals surface area contributed by atoms with E-state index < -0.39 is 39.7 Å². The van der Waals surface area contributed by atoms with Crippen LogP contribution in [0, 0.1) is 0 Å². The molecule has 2 aromatic heterocycles. The van der Waals surface area contributed by atoms with E-state index >= 15 is 0 Å². The molecule has 16 heteroatoms. The first kappa shape index (κ1) is 25.9. The summed E-state index contributed by atoms with van der Waals surface area (Å²) in [4.78, 5) is 54.3. The normalized spacial score (nSPS) is 15.0. The summed E-state index contributed by atoms with van der Waals surface area (Å²) in [5.41, 5.74) is -1.34. The maximum absolute atomic E-state index is 12.4. The van der Waals surface area contributed by atoms with Gasteiger partial charge in [-0.05, 0) is 0 Å². The number of rotatable bonds is 10. The number of carboxylic acid groups (broad SMARTS) is 1. The number of hydrogen-bond donors (Lipinski definition) is 2. The van der Waals surface area contributed by atoms with Crippen LogP contribution in [0.2, 0.25) is 0 Å². The molecule has 1 aliphatic rings. The van der Waals surface area contributed by atoms with Crippen molar-refractivity contribution in [3.63, 3.8) is 0 Å². The van der Waals surface area contributed by atoms with Gasteiger partial charge in [0.1, 0.15) is 6.54 Å². The SMILES string of the molecule is Cn1c(=O)c2nc(SCCC(=O)NS(=O)(=O)CCN3CCOCC3)n(CC(=O)O)c2n(C)c1=O. The fraction of sp³-hybridized carbons (Fsp3) is 0.611. The number of aromatic nitrogens is 4. The van der Waals surface area contributed by atoms with E-state index in [1.807, 2.05) is 9.62 Å². The van der Waals surface area contributed by atoms with Crippen molar-refractivity contribution in [1.82, 2.24) is 28.3 Å². The topological polar surface area (TPSA) is 175 Å². The molecule has 1 fully saturated rings. The minimum Gasteiger partial charge on any atom is -0.480 e. The molecule has 2 aromatic rings. The number of thioether (sulfide) groups is 1. The molecule has 0 saturated carbocycles. The molecule has 0 spiro atoms. The van der Waals surface area contributed by atoms with Gasteiger partial charge in [-0.2, -0.15) is 0 Å². The molecule has 3 rings (SSSR count). The fourth-order valence-electron chi connectivity index (χ4n) is 3.44. The van der Waals surface area contributed by atoms with Crippen molar-refractivity contribution in [2.75, 3.05) is 44.4 Å². The Kier molecular flexibility index (Phi) is 8.17. The van der Waals surface area contributed by atoms with Gasteiger partial charge >= 0.3 is 11.7 Å². The third-order valence-electron chi connectivity index (χ3n) is 5.21. The van der Waals surface area contributed by atoms with Gasteiger partial charge < -0.3 is 9.84 Å². The number of aliphatic carboxylic acids is 1. The second-order valence-electron chi connectivity index (χ2n) is 7.65. The van der Waals surface area contributed by atoms with Gasteiger partial charge in [-0.25, -0.2) is 18.2 Å². The van der Waals surface area contributed by atoms with Crippen LogP contribution in [0.5, 0.6) is 0 Å². The molecule has 0 aliphatic carbocycles. The lowest BCUT2D eigenvalue weighted by molar-refractivity contribution is -0.137. The van der Waals surface area contributed by atoms with Gasteiger partial charge in [0.25, 0.3) is 5.56 Å². The monoisotopic (exact) mass is 518 g/mol. The average molecular weight is 519 g/mol. The number of nitrogens with zero attached hydrogens (tertiary/aromatic N) is 5. The predicted molar refractivity (Wildman–Crippen MR) is 122 cm³/mol. The lowest BCUT2D eigenvalue weighted by Gasteiger charge is -2.26. The summed E-state index contributed by atoms with van der Waals surface area (Å²) in [5.74, 6) is -2.07. The molecule has 14 nitrogen and oxygen atoms in total. The zero-order valence-corrected chi connectivity index (χ0v) is 20.4. The number of sulfonamides is 1. The summed E-state index contributed by atoms with van der Waals surface area (Å²) in [6.07, 6.45) is -0.186. The molecule has 2 N–H and O–H groups in total. The van der Waals surface area contributed by atoms with Crippen LogP contribution in [0.4, 0.5) is 0 Å². The highest BCUT2D eigenvalue weighted by atomic mass is 32.2. The number of carbonyl (C=O) groups is 2. The molecule has 1 saturated heterocycles. The zero-order valence-electron chi connectivity index (χ0n) is 18.7. The highest BCUT2D eigenvalue weighted by Crippen LogP contribution is 2.22. The van der Waals surface area contributed by atoms with E-state index in [9.17, 15) is 32.7 Å². The van der Waals surface area contributed by atoms with Crippen molar-refractivity contribution in [3.8, 4) is 0 Å². The lowest BCUT2D eigenvalue weighted by Crippen LogP contribution is -2.42. The molecule has 0 radical (unpaired) electrons. The number of nitrogens with one attached hydrogen (secondary N) is 1. The molecule has 3 heterocycles. The molecule has 0 bridgehead atoms. The van der Waals surface area contributed by atoms with Crippen LogP contribution in [-0.4, -0.2) is 93.3 Å². The second kappa shape index (κ2) is 10.7. The van der Waals surface area contributed by atoms with Gasteiger partial charge in [0.15, 0.2) is 16.3 Å². The lowest BCUT2D eigenvalue weighted by atomic mass is 10.4. The minimum absolute atomic E-state index is 0.0492. The van der Waals surface area contributed by atoms with Gasteiger partial charge in [-0.3, -0.25) is 37.7 Å².